The van der Waals surface area contributed by atoms with E-state index in [1.165, 1.54) is 105 Å². The first-order valence-corrected chi connectivity index (χ1v) is 22.7. The average molecular weight is 780 g/mol. The maximum atomic E-state index is 6.76. The minimum Gasteiger partial charge on any atom is -0.457 e. The summed E-state index contributed by atoms with van der Waals surface area (Å²) in [5.74, 6) is 5.51. The van der Waals surface area contributed by atoms with Crippen LogP contribution in [0.25, 0.3) is 33.0 Å². The van der Waals surface area contributed by atoms with Gasteiger partial charge in [0, 0.05) is 33.6 Å². The van der Waals surface area contributed by atoms with E-state index in [-0.39, 0.29) is 16.2 Å². The molecule has 0 radical (unpaired) electrons. The zero-order chi connectivity index (χ0) is 40.2. The Bertz CT molecular complexity index is 2900. The highest BCUT2D eigenvalue weighted by Gasteiger charge is 2.84. The van der Waals surface area contributed by atoms with Crippen LogP contribution >= 0.6 is 0 Å². The molecule has 13 rings (SSSR count). The van der Waals surface area contributed by atoms with Gasteiger partial charge in [-0.2, -0.15) is 0 Å². The summed E-state index contributed by atoms with van der Waals surface area (Å²) in [6.45, 7) is 9.69. The quantitative estimate of drug-likeness (QED) is 0.173. The molecule has 2 bridgehead atoms. The molecule has 1 heterocycles. The number of hydrogen-bond donors (Lipinski definition) is 0. The minimum atomic E-state index is 0.0790. The van der Waals surface area contributed by atoms with Gasteiger partial charge < -0.3 is 9.64 Å². The van der Waals surface area contributed by atoms with Crippen LogP contribution in [0.15, 0.2) is 152 Å². The minimum absolute atomic E-state index is 0.0790. The second-order valence-corrected chi connectivity index (χ2v) is 20.8. The number of benzene rings is 7. The molecule has 7 aromatic carbocycles. The summed E-state index contributed by atoms with van der Waals surface area (Å²) >= 11 is 0. The highest BCUT2D eigenvalue weighted by atomic mass is 16.5. The van der Waals surface area contributed by atoms with Gasteiger partial charge in [0.1, 0.15) is 11.5 Å². The van der Waals surface area contributed by atoms with Gasteiger partial charge in [0.2, 0.25) is 0 Å². The zero-order valence-electron chi connectivity index (χ0n) is 35.3. The summed E-state index contributed by atoms with van der Waals surface area (Å²) in [5.41, 5.74) is 15.4. The van der Waals surface area contributed by atoms with Gasteiger partial charge >= 0.3 is 0 Å². The van der Waals surface area contributed by atoms with Gasteiger partial charge in [-0.25, -0.2) is 0 Å². The lowest BCUT2D eigenvalue weighted by atomic mass is 9.26. The van der Waals surface area contributed by atoms with E-state index in [9.17, 15) is 0 Å². The molecule has 296 valence electrons. The third-order valence-electron chi connectivity index (χ3n) is 17.3. The van der Waals surface area contributed by atoms with Gasteiger partial charge in [0.25, 0.3) is 0 Å². The van der Waals surface area contributed by atoms with Crippen LogP contribution in [0.3, 0.4) is 0 Å². The van der Waals surface area contributed by atoms with E-state index in [4.69, 9.17) is 4.74 Å². The number of rotatable bonds is 5. The molecule has 6 aliphatic rings. The Labute approximate surface area is 355 Å². The predicted octanol–water partition coefficient (Wildman–Crippen LogP) is 15.5. The fourth-order valence-corrected chi connectivity index (χ4v) is 14.5. The van der Waals surface area contributed by atoms with E-state index in [1.807, 2.05) is 0 Å². The van der Waals surface area contributed by atoms with Crippen molar-refractivity contribution in [3.63, 3.8) is 0 Å². The Hall–Kier alpha value is -5.60. The van der Waals surface area contributed by atoms with Crippen molar-refractivity contribution in [3.05, 3.63) is 174 Å². The molecule has 2 nitrogen and oxygen atoms in total. The molecule has 0 aromatic heterocycles. The number of nitrogens with zero attached hydrogens (tertiary/aromatic N) is 1. The van der Waals surface area contributed by atoms with Crippen LogP contribution in [0.5, 0.6) is 11.5 Å². The SMILES string of the molecule is CC1(C)CCC(C)(C)c2cc(N(c3ccc(-c4ccc5c(c4)C4(c6ccccc6O5)C5CC6CC7CC4C75C6)cc3)c3ccc(-c4cccc5ccccc45)cc3)ccc21. The molecule has 2 heteroatoms. The summed E-state index contributed by atoms with van der Waals surface area (Å²) in [5, 5.41) is 2.55. The van der Waals surface area contributed by atoms with Gasteiger partial charge in [-0.1, -0.05) is 125 Å². The Kier molecular flexibility index (Phi) is 7.05. The van der Waals surface area contributed by atoms with Crippen LogP contribution in [0.4, 0.5) is 17.1 Å². The highest BCUT2D eigenvalue weighted by molar-refractivity contribution is 5.97. The molecule has 0 amide bonds. The molecular formula is C58H53NO. The van der Waals surface area contributed by atoms with Crippen LogP contribution in [0, 0.1) is 29.1 Å². The lowest BCUT2D eigenvalue weighted by Gasteiger charge is -2.77. The Balaban J connectivity index is 0.905. The Morgan fingerprint density at radius 3 is 1.95 bits per heavy atom. The third-order valence-corrected chi connectivity index (χ3v) is 17.3. The van der Waals surface area contributed by atoms with Gasteiger partial charge in [0.05, 0.1) is 0 Å². The van der Waals surface area contributed by atoms with E-state index in [2.05, 4.69) is 184 Å². The molecule has 1 aliphatic heterocycles. The summed E-state index contributed by atoms with van der Waals surface area (Å²) < 4.78 is 6.76. The van der Waals surface area contributed by atoms with Crippen LogP contribution in [-0.4, -0.2) is 0 Å². The maximum Gasteiger partial charge on any atom is 0.131 e. The molecule has 0 saturated heterocycles. The monoisotopic (exact) mass is 779 g/mol. The van der Waals surface area contributed by atoms with Crippen LogP contribution in [0.2, 0.25) is 0 Å². The normalized spacial score (nSPS) is 27.8. The smallest absolute Gasteiger partial charge is 0.131 e. The van der Waals surface area contributed by atoms with Crippen molar-refractivity contribution in [1.29, 1.82) is 0 Å². The zero-order valence-corrected chi connectivity index (χ0v) is 35.3. The second-order valence-electron chi connectivity index (χ2n) is 20.8. The van der Waals surface area contributed by atoms with Gasteiger partial charge in [-0.15, -0.1) is 0 Å². The van der Waals surface area contributed by atoms with Crippen LogP contribution in [-0.2, 0) is 16.2 Å². The van der Waals surface area contributed by atoms with Crippen molar-refractivity contribution in [3.8, 4) is 33.8 Å². The molecule has 0 N–H and O–H groups in total. The first-order chi connectivity index (χ1) is 29.1. The lowest BCUT2D eigenvalue weighted by molar-refractivity contribution is -0.235. The maximum absolute atomic E-state index is 6.76. The third kappa shape index (κ3) is 4.55. The molecule has 4 saturated carbocycles. The molecular weight excluding hydrogens is 727 g/mol. The van der Waals surface area contributed by atoms with Gasteiger partial charge in [-0.3, -0.25) is 0 Å². The topological polar surface area (TPSA) is 12.5 Å². The van der Waals surface area contributed by atoms with Crippen molar-refractivity contribution in [2.24, 2.45) is 29.1 Å². The Morgan fingerprint density at radius 2 is 1.15 bits per heavy atom. The van der Waals surface area contributed by atoms with Gasteiger partial charge in [0.15, 0.2) is 0 Å². The molecule has 60 heavy (non-hydrogen) atoms. The molecule has 6 atom stereocenters. The molecule has 7 aromatic rings. The molecule has 6 unspecified atom stereocenters. The average Bonchev–Trinajstić information content (AvgIpc) is 3.81. The summed E-state index contributed by atoms with van der Waals surface area (Å²) in [6.07, 6.45) is 8.11. The fraction of sp³-hybridized carbons (Fsp3) is 0.310. The van der Waals surface area contributed by atoms with E-state index < -0.39 is 0 Å². The van der Waals surface area contributed by atoms with Crippen molar-refractivity contribution >= 4 is 27.8 Å². The first kappa shape index (κ1) is 35.2. The fourth-order valence-electron chi connectivity index (χ4n) is 14.5. The number of para-hydroxylation sites is 1. The van der Waals surface area contributed by atoms with Crippen LogP contribution < -0.4 is 9.64 Å². The lowest BCUT2D eigenvalue weighted by Crippen LogP contribution is -2.74. The predicted molar refractivity (Wildman–Crippen MR) is 247 cm³/mol. The van der Waals surface area contributed by atoms with E-state index in [0.717, 1.165) is 40.9 Å². The molecule has 4 fully saturated rings. The van der Waals surface area contributed by atoms with E-state index >= 15 is 0 Å². The number of fused-ring (bicyclic) bond motifs is 9. The standard InChI is InChI=1S/C58H53NO/c1-55(2)28-29-56(3,4)49-34-44(25-26-47(49)55)59(43-23-18-39(19-24-43)46-13-9-11-38-10-5-6-12-45(38)46)42-21-16-37(17-22-42)40-20-27-52-50(32-40)58(48-14-7-8-15-51(48)60-52)53-31-36-30-41-33-54(58)57(41,53)35-36/h5-27,32,34,36,41,53-54H,28-31,33,35H2,1-4H3. The van der Waals surface area contributed by atoms with Crippen LogP contribution in [0.1, 0.15) is 88.5 Å². The van der Waals surface area contributed by atoms with E-state index in [0.29, 0.717) is 5.41 Å². The van der Waals surface area contributed by atoms with E-state index in [1.54, 1.807) is 0 Å². The second kappa shape index (κ2) is 12.0. The summed E-state index contributed by atoms with van der Waals surface area (Å²) in [6, 6.07) is 57.4. The van der Waals surface area contributed by atoms with Crippen molar-refractivity contribution in [1.82, 2.24) is 0 Å². The highest BCUT2D eigenvalue weighted by Crippen LogP contribution is 2.89. The molecule has 5 aliphatic carbocycles. The first-order valence-electron chi connectivity index (χ1n) is 22.7. The van der Waals surface area contributed by atoms with Crippen molar-refractivity contribution in [2.45, 2.75) is 82.5 Å². The summed E-state index contributed by atoms with van der Waals surface area (Å²) in [4.78, 5) is 2.47. The van der Waals surface area contributed by atoms with Crippen molar-refractivity contribution < 1.29 is 4.74 Å². The largest absolute Gasteiger partial charge is 0.457 e. The molecule has 2 spiro atoms. The summed E-state index contributed by atoms with van der Waals surface area (Å²) in [7, 11) is 0. The van der Waals surface area contributed by atoms with Crippen molar-refractivity contribution in [2.75, 3.05) is 4.90 Å². The number of ether oxygens (including phenoxy) is 1. The Morgan fingerprint density at radius 1 is 0.500 bits per heavy atom. The number of anilines is 3. The number of hydrogen-bond acceptors (Lipinski definition) is 2. The van der Waals surface area contributed by atoms with Gasteiger partial charge in [-0.05, 0) is 177 Å².